The lowest BCUT2D eigenvalue weighted by molar-refractivity contribution is 0.475. The minimum absolute atomic E-state index is 0.201. The zero-order chi connectivity index (χ0) is 23.2. The van der Waals surface area contributed by atoms with Crippen LogP contribution in [0.2, 0.25) is 0 Å². The number of hydrogen-bond donors (Lipinski definition) is 1. The zero-order valence-corrected chi connectivity index (χ0v) is 20.1. The molecular formula is C26H24N4OS2. The monoisotopic (exact) mass is 472 g/mol. The van der Waals surface area contributed by atoms with E-state index in [1.54, 1.807) is 24.1 Å². The van der Waals surface area contributed by atoms with Crippen LogP contribution in [0.15, 0.2) is 88.8 Å². The molecule has 1 aromatic heterocycles. The molecule has 0 aliphatic carbocycles. The van der Waals surface area contributed by atoms with Crippen molar-refractivity contribution in [1.29, 1.82) is 5.26 Å². The van der Waals surface area contributed by atoms with Gasteiger partial charge in [0.1, 0.15) is 18.1 Å². The summed E-state index contributed by atoms with van der Waals surface area (Å²) in [6, 6.07) is 25.9. The number of nitrogens with zero attached hydrogens (tertiary/aromatic N) is 4. The second-order valence-corrected chi connectivity index (χ2v) is 9.58. The van der Waals surface area contributed by atoms with E-state index in [1.165, 1.54) is 17.5 Å². The van der Waals surface area contributed by atoms with Crippen LogP contribution in [0.1, 0.15) is 12.5 Å². The van der Waals surface area contributed by atoms with Gasteiger partial charge in [0.25, 0.3) is 0 Å². The number of aromatic hydroxyl groups is 1. The maximum absolute atomic E-state index is 9.59. The summed E-state index contributed by atoms with van der Waals surface area (Å²) in [6.45, 7) is 5.20. The van der Waals surface area contributed by atoms with Crippen LogP contribution in [0, 0.1) is 18.3 Å². The van der Waals surface area contributed by atoms with Crippen LogP contribution in [0.25, 0.3) is 10.8 Å². The van der Waals surface area contributed by atoms with Crippen LogP contribution in [0.4, 0.5) is 11.5 Å². The average molecular weight is 473 g/mol. The molecule has 0 fully saturated rings. The number of phenols is 1. The number of hydrogen-bond acceptors (Lipinski definition) is 7. The van der Waals surface area contributed by atoms with Crippen molar-refractivity contribution in [2.45, 2.75) is 23.6 Å². The van der Waals surface area contributed by atoms with Gasteiger partial charge in [-0.15, -0.1) is 0 Å². The molecule has 0 atom stereocenters. The van der Waals surface area contributed by atoms with E-state index in [9.17, 15) is 10.4 Å². The van der Waals surface area contributed by atoms with E-state index in [1.807, 2.05) is 34.8 Å². The Morgan fingerprint density at radius 3 is 2.12 bits per heavy atom. The molecule has 166 valence electrons. The summed E-state index contributed by atoms with van der Waals surface area (Å²) >= 11 is 3.12. The molecule has 0 amide bonds. The van der Waals surface area contributed by atoms with E-state index in [2.05, 4.69) is 60.6 Å². The highest BCUT2D eigenvalue weighted by molar-refractivity contribution is 8.01. The standard InChI is InChI=1S/C26H24N4OS2/c1-3-29(32-21-12-8-19(2)9-13-21)26-24-7-5-4-6-23(24)25(18-28-26)30(17-16-27)33-22-14-10-20(31)11-15-22/h4-15,18,31H,3,17H2,1-2H3. The molecular weight excluding hydrogens is 448 g/mol. The number of aromatic nitrogens is 1. The molecule has 33 heavy (non-hydrogen) atoms. The predicted octanol–water partition coefficient (Wildman–Crippen LogP) is 6.82. The number of rotatable bonds is 8. The fraction of sp³-hybridized carbons (Fsp3) is 0.154. The number of pyridine rings is 1. The van der Waals surface area contributed by atoms with Gasteiger partial charge in [-0.1, -0.05) is 42.0 Å². The third-order valence-electron chi connectivity index (χ3n) is 5.05. The maximum Gasteiger partial charge on any atom is 0.146 e. The topological polar surface area (TPSA) is 63.4 Å². The van der Waals surface area contributed by atoms with Gasteiger partial charge in [-0.05, 0) is 74.1 Å². The average Bonchev–Trinajstić information content (AvgIpc) is 2.84. The molecule has 0 saturated carbocycles. The van der Waals surface area contributed by atoms with E-state index in [4.69, 9.17) is 4.98 Å². The van der Waals surface area contributed by atoms with Gasteiger partial charge in [-0.3, -0.25) is 8.61 Å². The lowest BCUT2D eigenvalue weighted by Gasteiger charge is -2.26. The van der Waals surface area contributed by atoms with Crippen LogP contribution in [-0.4, -0.2) is 23.2 Å². The molecule has 0 spiro atoms. The van der Waals surface area contributed by atoms with Crippen LogP contribution in [-0.2, 0) is 0 Å². The first kappa shape index (κ1) is 22.8. The largest absolute Gasteiger partial charge is 0.508 e. The third kappa shape index (κ3) is 5.36. The van der Waals surface area contributed by atoms with Gasteiger partial charge in [0.15, 0.2) is 0 Å². The van der Waals surface area contributed by atoms with Crippen molar-refractivity contribution in [2.75, 3.05) is 21.7 Å². The second kappa shape index (κ2) is 10.5. The van der Waals surface area contributed by atoms with Crippen molar-refractivity contribution in [3.05, 3.63) is 84.6 Å². The smallest absolute Gasteiger partial charge is 0.146 e. The number of nitriles is 1. The quantitative estimate of drug-likeness (QED) is 0.223. The summed E-state index contributed by atoms with van der Waals surface area (Å²) in [5.41, 5.74) is 2.12. The molecule has 3 aromatic carbocycles. The zero-order valence-electron chi connectivity index (χ0n) is 18.5. The molecule has 1 heterocycles. The summed E-state index contributed by atoms with van der Waals surface area (Å²) < 4.78 is 4.13. The van der Waals surface area contributed by atoms with Gasteiger partial charge in [0.05, 0.1) is 18.0 Å². The normalized spacial score (nSPS) is 10.7. The lowest BCUT2D eigenvalue weighted by Crippen LogP contribution is -2.18. The number of aryl methyl sites for hydroxylation is 1. The number of anilines is 2. The molecule has 0 radical (unpaired) electrons. The van der Waals surface area contributed by atoms with Crippen LogP contribution < -0.4 is 8.61 Å². The van der Waals surface area contributed by atoms with E-state index >= 15 is 0 Å². The summed E-state index contributed by atoms with van der Waals surface area (Å²) in [6.07, 6.45) is 1.85. The number of phenolic OH excluding ortho intramolecular Hbond substituents is 1. The summed E-state index contributed by atoms with van der Waals surface area (Å²) in [7, 11) is 0. The molecule has 0 saturated heterocycles. The molecule has 0 unspecified atom stereocenters. The minimum atomic E-state index is 0.201. The predicted molar refractivity (Wildman–Crippen MR) is 139 cm³/mol. The molecule has 0 aliphatic heterocycles. The van der Waals surface area contributed by atoms with Crippen molar-refractivity contribution in [3.63, 3.8) is 0 Å². The van der Waals surface area contributed by atoms with Crippen LogP contribution >= 0.6 is 23.9 Å². The minimum Gasteiger partial charge on any atom is -0.508 e. The fourth-order valence-electron chi connectivity index (χ4n) is 3.41. The molecule has 4 rings (SSSR count). The maximum atomic E-state index is 9.59. The van der Waals surface area contributed by atoms with Crippen molar-refractivity contribution in [1.82, 2.24) is 4.98 Å². The summed E-state index contributed by atoms with van der Waals surface area (Å²) in [5, 5.41) is 21.1. The Balaban J connectivity index is 1.72. The SMILES string of the molecule is CCN(Sc1ccc(C)cc1)c1ncc(N(CC#N)Sc2ccc(O)cc2)c2ccccc12. The van der Waals surface area contributed by atoms with Gasteiger partial charge in [0, 0.05) is 27.1 Å². The molecule has 1 N–H and O–H groups in total. The number of benzene rings is 3. The Morgan fingerprint density at radius 2 is 1.48 bits per heavy atom. The second-order valence-electron chi connectivity index (χ2n) is 7.39. The number of fused-ring (bicyclic) bond motifs is 1. The highest BCUT2D eigenvalue weighted by Crippen LogP contribution is 2.39. The molecule has 4 aromatic rings. The van der Waals surface area contributed by atoms with Crippen molar-refractivity contribution in [2.24, 2.45) is 0 Å². The fourth-order valence-corrected chi connectivity index (χ4v) is 5.16. The molecule has 0 bridgehead atoms. The molecule has 0 aliphatic rings. The van der Waals surface area contributed by atoms with Gasteiger partial charge >= 0.3 is 0 Å². The van der Waals surface area contributed by atoms with Gasteiger partial charge in [-0.2, -0.15) is 5.26 Å². The summed E-state index contributed by atoms with van der Waals surface area (Å²) in [4.78, 5) is 6.94. The van der Waals surface area contributed by atoms with Crippen molar-refractivity contribution in [3.8, 4) is 11.8 Å². The first-order chi connectivity index (χ1) is 16.1. The van der Waals surface area contributed by atoms with E-state index in [0.717, 1.165) is 38.6 Å². The Kier molecular flexibility index (Phi) is 7.28. The Morgan fingerprint density at radius 1 is 0.879 bits per heavy atom. The van der Waals surface area contributed by atoms with Crippen molar-refractivity contribution >= 4 is 46.2 Å². The Labute approximate surface area is 202 Å². The van der Waals surface area contributed by atoms with Crippen LogP contribution in [0.5, 0.6) is 5.75 Å². The molecule has 5 nitrogen and oxygen atoms in total. The highest BCUT2D eigenvalue weighted by atomic mass is 32.2. The van der Waals surface area contributed by atoms with Gasteiger partial charge in [-0.25, -0.2) is 4.98 Å². The van der Waals surface area contributed by atoms with E-state index < -0.39 is 0 Å². The molecule has 7 heteroatoms. The first-order valence-electron chi connectivity index (χ1n) is 10.6. The Bertz CT molecular complexity index is 1270. The van der Waals surface area contributed by atoms with Crippen molar-refractivity contribution < 1.29 is 5.11 Å². The lowest BCUT2D eigenvalue weighted by atomic mass is 10.1. The Hall–Kier alpha value is -3.34. The third-order valence-corrected chi connectivity index (χ3v) is 7.21. The van der Waals surface area contributed by atoms with Gasteiger partial charge < -0.3 is 5.11 Å². The van der Waals surface area contributed by atoms with Crippen LogP contribution in [0.3, 0.4) is 0 Å². The van der Waals surface area contributed by atoms with Gasteiger partial charge in [0.2, 0.25) is 0 Å². The highest BCUT2D eigenvalue weighted by Gasteiger charge is 2.18. The van der Waals surface area contributed by atoms with E-state index in [0.29, 0.717) is 0 Å². The summed E-state index contributed by atoms with van der Waals surface area (Å²) in [5.74, 6) is 1.11. The van der Waals surface area contributed by atoms with E-state index in [-0.39, 0.29) is 12.3 Å². The first-order valence-corrected chi connectivity index (χ1v) is 12.1.